The Kier molecular flexibility index (Phi) is 11.9. The van der Waals surface area contributed by atoms with Gasteiger partial charge in [-0.3, -0.25) is 0 Å². The van der Waals surface area contributed by atoms with Crippen LogP contribution < -0.4 is 0 Å². The van der Waals surface area contributed by atoms with Crippen molar-refractivity contribution in [2.45, 2.75) is 133 Å². The van der Waals surface area contributed by atoms with Crippen LogP contribution in [0.25, 0.3) is 0 Å². The lowest BCUT2D eigenvalue weighted by atomic mass is 9.94. The van der Waals surface area contributed by atoms with Crippen molar-refractivity contribution < 1.29 is 84.0 Å². The van der Waals surface area contributed by atoms with E-state index in [1.54, 1.807) is 0 Å². The molecule has 20 heteroatoms. The summed E-state index contributed by atoms with van der Waals surface area (Å²) in [5.41, 5.74) is -13.3. The lowest BCUT2D eigenvalue weighted by Crippen LogP contribution is -2.59. The zero-order valence-corrected chi connectivity index (χ0v) is 23.4. The highest BCUT2D eigenvalue weighted by molar-refractivity contribution is 7.48. The van der Waals surface area contributed by atoms with E-state index in [9.17, 15) is 70.4 Å². The summed E-state index contributed by atoms with van der Waals surface area (Å²) < 4.78 is 236. The van der Waals surface area contributed by atoms with Crippen molar-refractivity contribution in [2.75, 3.05) is 0 Å². The zero-order valence-electron chi connectivity index (χ0n) is 22.5. The summed E-state index contributed by atoms with van der Waals surface area (Å²) in [5, 5.41) is 0. The van der Waals surface area contributed by atoms with Crippen LogP contribution in [0.4, 0.5) is 65.9 Å². The fourth-order valence-corrected chi connectivity index (χ4v) is 4.74. The number of phosphoric acid groups is 1. The van der Waals surface area contributed by atoms with Gasteiger partial charge in [-0.2, -0.15) is 52.7 Å². The average Bonchev–Trinajstić information content (AvgIpc) is 2.71. The molecule has 0 bridgehead atoms. The van der Waals surface area contributed by atoms with E-state index < -0.39 is 99.4 Å². The molecule has 3 unspecified atom stereocenters. The zero-order chi connectivity index (χ0) is 33.4. The van der Waals surface area contributed by atoms with Gasteiger partial charge in [-0.15, -0.1) is 0 Å². The predicted octanol–water partition coefficient (Wildman–Crippen LogP) is 10.4. The van der Waals surface area contributed by atoms with Crippen LogP contribution in [-0.4, -0.2) is 53.1 Å². The normalized spacial score (nSPS) is 20.6. The molecular formula is C21H30F15O4P. The van der Waals surface area contributed by atoms with Gasteiger partial charge in [-0.1, -0.05) is 40.0 Å². The van der Waals surface area contributed by atoms with Crippen LogP contribution >= 0.6 is 7.82 Å². The third-order valence-electron chi connectivity index (χ3n) is 5.90. The topological polar surface area (TPSA) is 44.8 Å². The number of halogens is 15. The van der Waals surface area contributed by atoms with Crippen molar-refractivity contribution in [3.8, 4) is 0 Å². The van der Waals surface area contributed by atoms with E-state index in [1.807, 2.05) is 0 Å². The predicted molar refractivity (Wildman–Crippen MR) is 114 cm³/mol. The second kappa shape index (κ2) is 12.2. The molecule has 0 spiro atoms. The van der Waals surface area contributed by atoms with Gasteiger partial charge in [0, 0.05) is 0 Å². The first kappa shape index (κ1) is 40.1. The van der Waals surface area contributed by atoms with E-state index >= 15 is 0 Å². The number of hydrogen-bond donors (Lipinski definition) is 0. The Labute approximate surface area is 225 Å². The van der Waals surface area contributed by atoms with E-state index in [4.69, 9.17) is 0 Å². The Morgan fingerprint density at radius 3 is 0.756 bits per heavy atom. The number of alkyl halides is 15. The summed E-state index contributed by atoms with van der Waals surface area (Å²) >= 11 is 0. The highest BCUT2D eigenvalue weighted by atomic mass is 31.2. The minimum atomic E-state index is -8.33. The Morgan fingerprint density at radius 1 is 0.439 bits per heavy atom. The van der Waals surface area contributed by atoms with Gasteiger partial charge in [-0.05, 0) is 40.0 Å². The molecule has 0 aromatic rings. The highest BCUT2D eigenvalue weighted by Crippen LogP contribution is 2.67. The van der Waals surface area contributed by atoms with Gasteiger partial charge in [0.05, 0.1) is 0 Å². The second-order valence-corrected chi connectivity index (χ2v) is 11.3. The van der Waals surface area contributed by atoms with Gasteiger partial charge in [0.25, 0.3) is 0 Å². The minimum absolute atomic E-state index is 0.246. The van der Waals surface area contributed by atoms with E-state index in [2.05, 4.69) is 13.6 Å². The maximum atomic E-state index is 14.4. The maximum absolute atomic E-state index is 14.4. The molecule has 0 rings (SSSR count). The molecule has 0 heterocycles. The average molecular weight is 662 g/mol. The lowest BCUT2D eigenvalue weighted by Gasteiger charge is -2.40. The Hall–Kier alpha value is -0.940. The monoisotopic (exact) mass is 662 g/mol. The molecule has 0 N–H and O–H groups in total. The fourth-order valence-electron chi connectivity index (χ4n) is 3.44. The highest BCUT2D eigenvalue weighted by Gasteiger charge is 2.78. The molecule has 0 radical (unpaired) electrons. The van der Waals surface area contributed by atoms with E-state index in [-0.39, 0.29) is 20.8 Å². The summed E-state index contributed by atoms with van der Waals surface area (Å²) in [6.07, 6.45) is -27.0. The van der Waals surface area contributed by atoms with Crippen LogP contribution in [-0.2, 0) is 18.1 Å². The summed E-state index contributed by atoms with van der Waals surface area (Å²) in [6.45, 7) is 2.15. The molecular weight excluding hydrogens is 632 g/mol. The third kappa shape index (κ3) is 7.78. The molecule has 0 saturated heterocycles. The van der Waals surface area contributed by atoms with E-state index in [1.165, 1.54) is 0 Å². The summed E-state index contributed by atoms with van der Waals surface area (Å²) in [5.74, 6) is -19.0. The molecule has 3 atom stereocenters. The quantitative estimate of drug-likeness (QED) is 0.108. The second-order valence-electron chi connectivity index (χ2n) is 9.84. The van der Waals surface area contributed by atoms with Crippen LogP contribution in [0, 0.1) is 0 Å². The SMILES string of the molecule is CCCC(C)(F)C(F)(F)C(F)(F)OP(=O)(OC(F)(F)C(F)(F)C(C)(F)CCC)OC(F)(F)C(F)(F)C(C)(F)CCC. The molecule has 0 aliphatic carbocycles. The summed E-state index contributed by atoms with van der Waals surface area (Å²) in [4.78, 5) is 0. The van der Waals surface area contributed by atoms with E-state index in [0.29, 0.717) is 0 Å². The van der Waals surface area contributed by atoms with Crippen molar-refractivity contribution in [3.05, 3.63) is 0 Å². The van der Waals surface area contributed by atoms with Crippen molar-refractivity contribution in [3.63, 3.8) is 0 Å². The fraction of sp³-hybridized carbons (Fsp3) is 1.00. The molecule has 0 aliphatic heterocycles. The van der Waals surface area contributed by atoms with Crippen molar-refractivity contribution in [2.24, 2.45) is 0 Å². The Morgan fingerprint density at radius 2 is 0.610 bits per heavy atom. The molecule has 0 aromatic heterocycles. The van der Waals surface area contributed by atoms with Gasteiger partial charge < -0.3 is 0 Å². The number of hydrogen-bond acceptors (Lipinski definition) is 4. The van der Waals surface area contributed by atoms with Crippen LogP contribution in [0.3, 0.4) is 0 Å². The van der Waals surface area contributed by atoms with Gasteiger partial charge in [0.15, 0.2) is 17.0 Å². The number of phosphoric ester groups is 1. The first-order valence-electron chi connectivity index (χ1n) is 11.9. The molecule has 0 aliphatic rings. The minimum Gasteiger partial charge on any atom is -0.237 e. The smallest absolute Gasteiger partial charge is 0.237 e. The van der Waals surface area contributed by atoms with Crippen molar-refractivity contribution in [1.29, 1.82) is 0 Å². The van der Waals surface area contributed by atoms with Gasteiger partial charge in [0.1, 0.15) is 0 Å². The molecule has 0 aromatic carbocycles. The maximum Gasteiger partial charge on any atom is 0.489 e. The molecule has 0 amide bonds. The van der Waals surface area contributed by atoms with Gasteiger partial charge in [0.2, 0.25) is 0 Å². The van der Waals surface area contributed by atoms with Crippen molar-refractivity contribution in [1.82, 2.24) is 0 Å². The standard InChI is InChI=1S/C21H30F15O4P/c1-7-10-13(4,22)16(25,26)19(31,32)38-41(37,39-20(33,34)17(27,28)14(5,23)11-8-2)40-21(35,36)18(29,30)15(6,24)12-9-3/h7-12H2,1-6H3. The largest absolute Gasteiger partial charge is 0.489 e. The molecule has 0 fully saturated rings. The Balaban J connectivity index is 7.14. The Bertz CT molecular complexity index is 808. The summed E-state index contributed by atoms with van der Waals surface area (Å²) in [6, 6.07) is 0. The van der Waals surface area contributed by atoms with Gasteiger partial charge in [-0.25, -0.2) is 31.3 Å². The third-order valence-corrected chi connectivity index (χ3v) is 7.26. The summed E-state index contributed by atoms with van der Waals surface area (Å²) in [7, 11) is -8.33. The molecule has 0 saturated carbocycles. The van der Waals surface area contributed by atoms with Crippen molar-refractivity contribution >= 4 is 7.82 Å². The van der Waals surface area contributed by atoms with Crippen LogP contribution in [0.1, 0.15) is 80.1 Å². The van der Waals surface area contributed by atoms with Crippen LogP contribution in [0.5, 0.6) is 0 Å². The molecule has 41 heavy (non-hydrogen) atoms. The van der Waals surface area contributed by atoms with E-state index in [0.717, 1.165) is 20.8 Å². The van der Waals surface area contributed by atoms with Crippen LogP contribution in [0.2, 0.25) is 0 Å². The lowest BCUT2D eigenvalue weighted by molar-refractivity contribution is -0.390. The molecule has 4 nitrogen and oxygen atoms in total. The van der Waals surface area contributed by atoms with Crippen LogP contribution in [0.15, 0.2) is 0 Å². The molecule has 248 valence electrons. The van der Waals surface area contributed by atoms with Gasteiger partial charge >= 0.3 is 43.9 Å². The first-order valence-corrected chi connectivity index (χ1v) is 13.3. The first-order chi connectivity index (χ1) is 17.8. The number of rotatable bonds is 18.